The SMILES string of the molecule is CC[C@H](C)c1ccc(N2C(=O)/C(=C/c3ccc(OCc4ccccc4C#N)c(Br)c3)C(=O)NC2=S)cc1. The smallest absolute Gasteiger partial charge is 0.270 e. The summed E-state index contributed by atoms with van der Waals surface area (Å²) < 4.78 is 6.53. The number of ether oxygens (including phenoxy) is 1. The number of nitrogens with one attached hydrogen (secondary N) is 1. The van der Waals surface area contributed by atoms with Crippen molar-refractivity contribution in [1.29, 1.82) is 5.26 Å². The van der Waals surface area contributed by atoms with E-state index in [4.69, 9.17) is 17.0 Å². The molecule has 6 nitrogen and oxygen atoms in total. The van der Waals surface area contributed by atoms with Crippen molar-refractivity contribution in [3.05, 3.63) is 99.0 Å². The fourth-order valence-electron chi connectivity index (χ4n) is 3.88. The number of carbonyl (C=O) groups excluding carboxylic acids is 2. The van der Waals surface area contributed by atoms with E-state index in [9.17, 15) is 14.9 Å². The molecule has 1 atom stereocenters. The van der Waals surface area contributed by atoms with Gasteiger partial charge in [-0.3, -0.25) is 19.8 Å². The van der Waals surface area contributed by atoms with Gasteiger partial charge >= 0.3 is 0 Å². The van der Waals surface area contributed by atoms with Crippen molar-refractivity contribution in [2.75, 3.05) is 4.90 Å². The number of nitrogens with zero attached hydrogens (tertiary/aromatic N) is 2. The van der Waals surface area contributed by atoms with Gasteiger partial charge in [0.15, 0.2) is 5.11 Å². The predicted molar refractivity (Wildman–Crippen MR) is 151 cm³/mol. The quantitative estimate of drug-likeness (QED) is 0.205. The van der Waals surface area contributed by atoms with E-state index < -0.39 is 11.8 Å². The Bertz CT molecular complexity index is 1440. The number of thiocarbonyl (C=S) groups is 1. The molecule has 8 heteroatoms. The molecule has 2 amide bonds. The van der Waals surface area contributed by atoms with E-state index in [2.05, 4.69) is 41.2 Å². The highest BCUT2D eigenvalue weighted by Gasteiger charge is 2.34. The summed E-state index contributed by atoms with van der Waals surface area (Å²) in [6.45, 7) is 4.50. The highest BCUT2D eigenvalue weighted by molar-refractivity contribution is 9.10. The minimum absolute atomic E-state index is 0.0249. The van der Waals surface area contributed by atoms with Crippen LogP contribution in [0.1, 0.15) is 48.4 Å². The van der Waals surface area contributed by atoms with E-state index in [1.165, 1.54) is 16.5 Å². The molecule has 1 aliphatic heterocycles. The molecule has 0 spiro atoms. The van der Waals surface area contributed by atoms with Gasteiger partial charge in [-0.25, -0.2) is 0 Å². The third kappa shape index (κ3) is 5.79. The molecular formula is C29H24BrN3O3S. The molecule has 37 heavy (non-hydrogen) atoms. The summed E-state index contributed by atoms with van der Waals surface area (Å²) in [4.78, 5) is 27.4. The Balaban J connectivity index is 1.55. The minimum atomic E-state index is -0.549. The fraction of sp³-hybridized carbons (Fsp3) is 0.172. The molecule has 0 aromatic heterocycles. The van der Waals surface area contributed by atoms with Crippen molar-refractivity contribution < 1.29 is 14.3 Å². The Hall–Kier alpha value is -3.80. The van der Waals surface area contributed by atoms with Gasteiger partial charge in [-0.1, -0.05) is 50.2 Å². The average Bonchev–Trinajstić information content (AvgIpc) is 2.90. The molecular weight excluding hydrogens is 550 g/mol. The number of hydrogen-bond acceptors (Lipinski definition) is 5. The maximum absolute atomic E-state index is 13.3. The summed E-state index contributed by atoms with van der Waals surface area (Å²) in [7, 11) is 0. The van der Waals surface area contributed by atoms with Crippen LogP contribution >= 0.6 is 28.1 Å². The van der Waals surface area contributed by atoms with E-state index in [1.807, 2.05) is 36.4 Å². The summed E-state index contributed by atoms with van der Waals surface area (Å²) >= 11 is 8.81. The Morgan fingerprint density at radius 1 is 1.14 bits per heavy atom. The van der Waals surface area contributed by atoms with Crippen molar-refractivity contribution in [1.82, 2.24) is 5.32 Å². The number of rotatable bonds is 7. The van der Waals surface area contributed by atoms with Gasteiger partial charge in [0.2, 0.25) is 0 Å². The normalized spacial score (nSPS) is 15.4. The third-order valence-electron chi connectivity index (χ3n) is 6.22. The van der Waals surface area contributed by atoms with Crippen LogP contribution in [-0.4, -0.2) is 16.9 Å². The molecule has 1 heterocycles. The highest BCUT2D eigenvalue weighted by atomic mass is 79.9. The van der Waals surface area contributed by atoms with Crippen LogP contribution in [0, 0.1) is 11.3 Å². The van der Waals surface area contributed by atoms with E-state index in [-0.39, 0.29) is 17.3 Å². The van der Waals surface area contributed by atoms with Crippen LogP contribution < -0.4 is 15.0 Å². The monoisotopic (exact) mass is 573 g/mol. The Labute approximate surface area is 229 Å². The minimum Gasteiger partial charge on any atom is -0.488 e. The molecule has 3 aromatic rings. The lowest BCUT2D eigenvalue weighted by atomic mass is 9.98. The average molecular weight is 575 g/mol. The number of carbonyl (C=O) groups is 2. The Kier molecular flexibility index (Phi) is 8.17. The molecule has 1 saturated heterocycles. The lowest BCUT2D eigenvalue weighted by Crippen LogP contribution is -2.54. The second kappa shape index (κ2) is 11.5. The van der Waals surface area contributed by atoms with Gasteiger partial charge in [0, 0.05) is 5.56 Å². The lowest BCUT2D eigenvalue weighted by Gasteiger charge is -2.29. The topological polar surface area (TPSA) is 82.4 Å². The van der Waals surface area contributed by atoms with Crippen molar-refractivity contribution >= 4 is 56.8 Å². The zero-order chi connectivity index (χ0) is 26.5. The molecule has 1 aliphatic rings. The predicted octanol–water partition coefficient (Wildman–Crippen LogP) is 6.24. The second-order valence-electron chi connectivity index (χ2n) is 8.61. The number of benzene rings is 3. The molecule has 0 aliphatic carbocycles. The van der Waals surface area contributed by atoms with Gasteiger partial charge in [0.25, 0.3) is 11.8 Å². The molecule has 186 valence electrons. The van der Waals surface area contributed by atoms with Crippen LogP contribution in [0.3, 0.4) is 0 Å². The second-order valence-corrected chi connectivity index (χ2v) is 9.85. The third-order valence-corrected chi connectivity index (χ3v) is 7.13. The van der Waals surface area contributed by atoms with Crippen molar-refractivity contribution in [3.8, 4) is 11.8 Å². The van der Waals surface area contributed by atoms with Crippen LogP contribution in [0.2, 0.25) is 0 Å². The number of hydrogen-bond donors (Lipinski definition) is 1. The van der Waals surface area contributed by atoms with Crippen LogP contribution in [0.15, 0.2) is 76.8 Å². The molecule has 0 radical (unpaired) electrons. The van der Waals surface area contributed by atoms with Crippen molar-refractivity contribution in [2.24, 2.45) is 0 Å². The summed E-state index contributed by atoms with van der Waals surface area (Å²) in [6, 6.07) is 22.3. The standard InChI is InChI=1S/C29H24BrN3O3S/c1-3-18(2)20-9-11-23(12-10-20)33-28(35)24(27(34)32-29(33)37)14-19-8-13-26(25(30)15-19)36-17-22-7-5-4-6-21(22)16-31/h4-15,18H,3,17H2,1-2H3,(H,32,34,37)/b24-14+/t18-/m0/s1. The summed E-state index contributed by atoms with van der Waals surface area (Å²) in [5.41, 5.74) is 3.71. The van der Waals surface area contributed by atoms with Crippen LogP contribution in [0.5, 0.6) is 5.75 Å². The van der Waals surface area contributed by atoms with E-state index in [0.717, 1.165) is 12.0 Å². The van der Waals surface area contributed by atoms with Gasteiger partial charge in [-0.2, -0.15) is 5.26 Å². The molecule has 1 N–H and O–H groups in total. The molecule has 0 bridgehead atoms. The number of anilines is 1. The summed E-state index contributed by atoms with van der Waals surface area (Å²) in [5, 5.41) is 11.9. The molecule has 0 saturated carbocycles. The van der Waals surface area contributed by atoms with E-state index in [0.29, 0.717) is 33.0 Å². The molecule has 1 fully saturated rings. The zero-order valence-electron chi connectivity index (χ0n) is 20.3. The highest BCUT2D eigenvalue weighted by Crippen LogP contribution is 2.30. The first kappa shape index (κ1) is 26.3. The van der Waals surface area contributed by atoms with Crippen LogP contribution in [0.25, 0.3) is 6.08 Å². The van der Waals surface area contributed by atoms with Crippen molar-refractivity contribution in [2.45, 2.75) is 32.8 Å². The molecule has 4 rings (SSSR count). The molecule has 0 unspecified atom stereocenters. The first-order chi connectivity index (χ1) is 17.8. The number of nitriles is 1. The van der Waals surface area contributed by atoms with Gasteiger partial charge in [-0.15, -0.1) is 0 Å². The van der Waals surface area contributed by atoms with Crippen LogP contribution in [-0.2, 0) is 16.2 Å². The van der Waals surface area contributed by atoms with Crippen LogP contribution in [0.4, 0.5) is 5.69 Å². The van der Waals surface area contributed by atoms with Crippen molar-refractivity contribution in [3.63, 3.8) is 0 Å². The fourth-order valence-corrected chi connectivity index (χ4v) is 4.67. The zero-order valence-corrected chi connectivity index (χ0v) is 22.7. The van der Waals surface area contributed by atoms with E-state index >= 15 is 0 Å². The van der Waals surface area contributed by atoms with Gasteiger partial charge in [0.1, 0.15) is 17.9 Å². The summed E-state index contributed by atoms with van der Waals surface area (Å²) in [6.07, 6.45) is 2.54. The largest absolute Gasteiger partial charge is 0.488 e. The lowest BCUT2D eigenvalue weighted by molar-refractivity contribution is -0.122. The first-order valence-corrected chi connectivity index (χ1v) is 12.9. The maximum Gasteiger partial charge on any atom is 0.270 e. The number of amides is 2. The Morgan fingerprint density at radius 3 is 2.54 bits per heavy atom. The van der Waals surface area contributed by atoms with Gasteiger partial charge < -0.3 is 4.74 Å². The number of halogens is 1. The van der Waals surface area contributed by atoms with E-state index in [1.54, 1.807) is 30.3 Å². The maximum atomic E-state index is 13.3. The van der Waals surface area contributed by atoms with Gasteiger partial charge in [0.05, 0.1) is 21.8 Å². The Morgan fingerprint density at radius 2 is 1.86 bits per heavy atom. The molecule has 3 aromatic carbocycles. The van der Waals surface area contributed by atoms with Gasteiger partial charge in [-0.05, 0) is 88.0 Å². The summed E-state index contributed by atoms with van der Waals surface area (Å²) in [5.74, 6) is -0.0696. The first-order valence-electron chi connectivity index (χ1n) is 11.7.